The van der Waals surface area contributed by atoms with Crippen LogP contribution in [-0.2, 0) is 11.2 Å². The fourth-order valence-electron chi connectivity index (χ4n) is 4.43. The van der Waals surface area contributed by atoms with Crippen LogP contribution < -0.4 is 11.1 Å². The minimum atomic E-state index is 0. The van der Waals surface area contributed by atoms with Crippen LogP contribution in [0.3, 0.4) is 0 Å². The van der Waals surface area contributed by atoms with Crippen LogP contribution in [0.1, 0.15) is 31.5 Å². The summed E-state index contributed by atoms with van der Waals surface area (Å²) in [6.45, 7) is 0.691. The largest absolute Gasteiger partial charge is 0.356 e. The normalized spacial score (nSPS) is 26.9. The average molecular weight is 385 g/mol. The maximum absolute atomic E-state index is 12.4. The smallest absolute Gasteiger partial charge is 0.224 e. The third kappa shape index (κ3) is 3.94. The molecular formula is C18H26Cl2N4O. The lowest BCUT2D eigenvalue weighted by atomic mass is 9.84. The Morgan fingerprint density at radius 1 is 1.24 bits per heavy atom. The van der Waals surface area contributed by atoms with Gasteiger partial charge in [0.05, 0.1) is 17.0 Å². The number of H-pyrrole nitrogens is 1. The molecule has 1 aromatic carbocycles. The molecule has 2 aliphatic rings. The molecule has 2 bridgehead atoms. The molecule has 0 saturated heterocycles. The molecular weight excluding hydrogens is 359 g/mol. The number of amides is 1. The van der Waals surface area contributed by atoms with Gasteiger partial charge in [-0.1, -0.05) is 12.1 Å². The molecule has 5 nitrogen and oxygen atoms in total. The van der Waals surface area contributed by atoms with Crippen LogP contribution in [0.15, 0.2) is 24.3 Å². The summed E-state index contributed by atoms with van der Waals surface area (Å²) in [4.78, 5) is 20.3. The molecule has 138 valence electrons. The van der Waals surface area contributed by atoms with Crippen molar-refractivity contribution in [2.75, 3.05) is 6.54 Å². The van der Waals surface area contributed by atoms with Crippen LogP contribution >= 0.6 is 24.8 Å². The Morgan fingerprint density at radius 2 is 2.00 bits per heavy atom. The summed E-state index contributed by atoms with van der Waals surface area (Å²) in [7, 11) is 0. The number of aryl methyl sites for hydroxylation is 1. The molecule has 2 aromatic rings. The van der Waals surface area contributed by atoms with E-state index in [1.807, 2.05) is 24.3 Å². The number of carbonyl (C=O) groups excluding carboxylic acids is 1. The number of carbonyl (C=O) groups is 1. The van der Waals surface area contributed by atoms with Crippen molar-refractivity contribution in [3.8, 4) is 0 Å². The average Bonchev–Trinajstić information content (AvgIpc) is 3.24. The number of aromatic nitrogens is 2. The molecule has 2 saturated carbocycles. The van der Waals surface area contributed by atoms with E-state index in [0.29, 0.717) is 18.4 Å². The number of benzene rings is 1. The summed E-state index contributed by atoms with van der Waals surface area (Å²) in [6, 6.07) is 8.11. The van der Waals surface area contributed by atoms with E-state index < -0.39 is 0 Å². The van der Waals surface area contributed by atoms with Crippen molar-refractivity contribution in [1.82, 2.24) is 15.3 Å². The first-order valence-corrected chi connectivity index (χ1v) is 8.69. The molecule has 1 heterocycles. The number of nitrogens with one attached hydrogen (secondary N) is 2. The van der Waals surface area contributed by atoms with Crippen LogP contribution in [0.5, 0.6) is 0 Å². The van der Waals surface area contributed by atoms with E-state index in [2.05, 4.69) is 15.3 Å². The fraction of sp³-hybridized carbons (Fsp3) is 0.556. The third-order valence-electron chi connectivity index (χ3n) is 5.61. The van der Waals surface area contributed by atoms with Gasteiger partial charge >= 0.3 is 0 Å². The van der Waals surface area contributed by atoms with Crippen LogP contribution in [0, 0.1) is 17.8 Å². The van der Waals surface area contributed by atoms with Gasteiger partial charge in [0, 0.05) is 19.0 Å². The summed E-state index contributed by atoms with van der Waals surface area (Å²) in [6.07, 6.45) is 5.27. The second kappa shape index (κ2) is 8.39. The molecule has 4 atom stereocenters. The fourth-order valence-corrected chi connectivity index (χ4v) is 4.43. The number of hydrogen-bond acceptors (Lipinski definition) is 3. The topological polar surface area (TPSA) is 83.8 Å². The van der Waals surface area contributed by atoms with Crippen molar-refractivity contribution >= 4 is 41.8 Å². The summed E-state index contributed by atoms with van der Waals surface area (Å²) in [5, 5.41) is 3.08. The van der Waals surface area contributed by atoms with Crippen molar-refractivity contribution in [3.05, 3.63) is 30.1 Å². The first kappa shape index (κ1) is 20.0. The Bertz CT molecular complexity index is 685. The number of fused-ring (bicyclic) bond motifs is 3. The second-order valence-electron chi connectivity index (χ2n) is 7.03. The number of rotatable bonds is 5. The first-order valence-electron chi connectivity index (χ1n) is 8.69. The molecule has 2 fully saturated rings. The van der Waals surface area contributed by atoms with E-state index in [1.54, 1.807) is 0 Å². The quantitative estimate of drug-likeness (QED) is 0.692. The molecule has 2 aliphatic carbocycles. The minimum Gasteiger partial charge on any atom is -0.356 e. The first-order chi connectivity index (χ1) is 11.2. The number of hydrogen-bond donors (Lipinski definition) is 3. The zero-order valence-corrected chi connectivity index (χ0v) is 15.7. The standard InChI is InChI=1S/C18H24N4O.2ClH/c19-17-12-8-7-11(10-12)16(17)18(23)20-9-3-6-15-21-13-4-1-2-5-14(13)22-15;;/h1-2,4-5,11-12,16-17H,3,6-10,19H2,(H,20,23)(H,21,22);2*1H. The van der Waals surface area contributed by atoms with Gasteiger partial charge in [0.15, 0.2) is 0 Å². The van der Waals surface area contributed by atoms with E-state index >= 15 is 0 Å². The molecule has 7 heteroatoms. The van der Waals surface area contributed by atoms with Gasteiger partial charge in [0.2, 0.25) is 5.91 Å². The number of imidazole rings is 1. The highest BCUT2D eigenvalue weighted by molar-refractivity contribution is 5.85. The highest BCUT2D eigenvalue weighted by atomic mass is 35.5. The van der Waals surface area contributed by atoms with Crippen molar-refractivity contribution in [2.45, 2.75) is 38.1 Å². The van der Waals surface area contributed by atoms with Gasteiger partial charge in [-0.05, 0) is 49.7 Å². The lowest BCUT2D eigenvalue weighted by Gasteiger charge is -2.26. The SMILES string of the molecule is Cl.Cl.NC1C2CCC(C2)C1C(=O)NCCCc1nc2ccccc2[nH]1. The molecule has 0 radical (unpaired) electrons. The Labute approximate surface area is 160 Å². The summed E-state index contributed by atoms with van der Waals surface area (Å²) < 4.78 is 0. The summed E-state index contributed by atoms with van der Waals surface area (Å²) in [5.74, 6) is 2.28. The van der Waals surface area contributed by atoms with E-state index in [4.69, 9.17) is 5.73 Å². The minimum absolute atomic E-state index is 0. The zero-order valence-electron chi connectivity index (χ0n) is 14.1. The monoisotopic (exact) mass is 384 g/mol. The van der Waals surface area contributed by atoms with Gasteiger partial charge in [-0.25, -0.2) is 4.98 Å². The lowest BCUT2D eigenvalue weighted by molar-refractivity contribution is -0.127. The van der Waals surface area contributed by atoms with Crippen molar-refractivity contribution in [1.29, 1.82) is 0 Å². The molecule has 0 aliphatic heterocycles. The van der Waals surface area contributed by atoms with E-state index in [9.17, 15) is 4.79 Å². The van der Waals surface area contributed by atoms with Crippen molar-refractivity contribution < 1.29 is 4.79 Å². The molecule has 4 rings (SSSR count). The number of halogens is 2. The number of nitrogens with zero attached hydrogens (tertiary/aromatic N) is 1. The van der Waals surface area contributed by atoms with Gasteiger partial charge in [-0.3, -0.25) is 4.79 Å². The van der Waals surface area contributed by atoms with E-state index in [1.165, 1.54) is 12.8 Å². The predicted molar refractivity (Wildman–Crippen MR) is 104 cm³/mol. The highest BCUT2D eigenvalue weighted by Gasteiger charge is 2.48. The Kier molecular flexibility index (Phi) is 6.72. The molecule has 25 heavy (non-hydrogen) atoms. The van der Waals surface area contributed by atoms with Crippen LogP contribution in [0.25, 0.3) is 11.0 Å². The maximum Gasteiger partial charge on any atom is 0.224 e. The molecule has 1 amide bonds. The van der Waals surface area contributed by atoms with Gasteiger partial charge in [0.1, 0.15) is 5.82 Å². The van der Waals surface area contributed by atoms with Crippen molar-refractivity contribution in [3.63, 3.8) is 0 Å². The number of aromatic amines is 1. The third-order valence-corrected chi connectivity index (χ3v) is 5.61. The molecule has 1 aromatic heterocycles. The van der Waals surface area contributed by atoms with Gasteiger partial charge in [0.25, 0.3) is 0 Å². The summed E-state index contributed by atoms with van der Waals surface area (Å²) >= 11 is 0. The lowest BCUT2D eigenvalue weighted by Crippen LogP contribution is -2.45. The van der Waals surface area contributed by atoms with E-state index in [-0.39, 0.29) is 42.7 Å². The van der Waals surface area contributed by atoms with Crippen LogP contribution in [0.2, 0.25) is 0 Å². The van der Waals surface area contributed by atoms with Crippen LogP contribution in [-0.4, -0.2) is 28.5 Å². The Hall–Kier alpha value is -1.30. The van der Waals surface area contributed by atoms with Gasteiger partial charge < -0.3 is 16.0 Å². The summed E-state index contributed by atoms with van der Waals surface area (Å²) in [5.41, 5.74) is 8.30. The van der Waals surface area contributed by atoms with Crippen LogP contribution in [0.4, 0.5) is 0 Å². The Morgan fingerprint density at radius 3 is 2.72 bits per heavy atom. The second-order valence-corrected chi connectivity index (χ2v) is 7.03. The van der Waals surface area contributed by atoms with E-state index in [0.717, 1.165) is 36.1 Å². The van der Waals surface area contributed by atoms with Crippen molar-refractivity contribution in [2.24, 2.45) is 23.5 Å². The molecule has 4 unspecified atom stereocenters. The Balaban J connectivity index is 0.00000113. The highest BCUT2D eigenvalue weighted by Crippen LogP contribution is 2.47. The van der Waals surface area contributed by atoms with Gasteiger partial charge in [-0.2, -0.15) is 0 Å². The zero-order chi connectivity index (χ0) is 15.8. The number of nitrogens with two attached hydrogens (primary N) is 1. The maximum atomic E-state index is 12.4. The molecule has 0 spiro atoms. The number of para-hydroxylation sites is 2. The predicted octanol–water partition coefficient (Wildman–Crippen LogP) is 2.83. The van der Waals surface area contributed by atoms with Gasteiger partial charge in [-0.15, -0.1) is 24.8 Å². The molecule has 4 N–H and O–H groups in total.